The highest BCUT2D eigenvalue weighted by Crippen LogP contribution is 2.21. The summed E-state index contributed by atoms with van der Waals surface area (Å²) in [5, 5.41) is 16.6. The molecule has 2 aromatic heterocycles. The van der Waals surface area contributed by atoms with Crippen LogP contribution in [0.15, 0.2) is 48.6 Å². The number of hydrogen-bond donors (Lipinski definition) is 1. The number of nitriles is 1. The second kappa shape index (κ2) is 9.43. The molecule has 0 saturated carbocycles. The van der Waals surface area contributed by atoms with Crippen molar-refractivity contribution in [3.05, 3.63) is 71.1 Å². The van der Waals surface area contributed by atoms with Gasteiger partial charge in [-0.25, -0.2) is 9.67 Å². The van der Waals surface area contributed by atoms with Crippen LogP contribution in [0.2, 0.25) is 0 Å². The molecule has 1 unspecified atom stereocenters. The van der Waals surface area contributed by atoms with E-state index >= 15 is 0 Å². The van der Waals surface area contributed by atoms with Gasteiger partial charge in [-0.3, -0.25) is 4.79 Å². The molecule has 0 fully saturated rings. The van der Waals surface area contributed by atoms with Gasteiger partial charge in [0.05, 0.1) is 11.7 Å². The van der Waals surface area contributed by atoms with Crippen LogP contribution >= 0.6 is 0 Å². The zero-order valence-corrected chi connectivity index (χ0v) is 18.6. The summed E-state index contributed by atoms with van der Waals surface area (Å²) in [4.78, 5) is 16.7. The van der Waals surface area contributed by atoms with Crippen LogP contribution in [-0.2, 0) is 11.3 Å². The summed E-state index contributed by atoms with van der Waals surface area (Å²) < 4.78 is 3.89. The van der Waals surface area contributed by atoms with Crippen LogP contribution in [-0.4, -0.2) is 25.2 Å². The number of carbonyl (C=O) groups is 1. The van der Waals surface area contributed by atoms with E-state index in [0.717, 1.165) is 34.7 Å². The van der Waals surface area contributed by atoms with E-state index in [0.29, 0.717) is 5.92 Å². The van der Waals surface area contributed by atoms with Crippen LogP contribution in [0.3, 0.4) is 0 Å². The van der Waals surface area contributed by atoms with Crippen molar-refractivity contribution in [2.75, 3.05) is 0 Å². The highest BCUT2D eigenvalue weighted by Gasteiger charge is 2.16. The molecule has 1 N–H and O–H groups in total. The van der Waals surface area contributed by atoms with Gasteiger partial charge in [-0.2, -0.15) is 10.4 Å². The zero-order valence-electron chi connectivity index (χ0n) is 18.6. The minimum Gasteiger partial charge on any atom is -0.348 e. The molecule has 1 amide bonds. The number of nitrogens with one attached hydrogen (secondary N) is 1. The Morgan fingerprint density at radius 3 is 2.52 bits per heavy atom. The molecule has 7 nitrogen and oxygen atoms in total. The lowest BCUT2D eigenvalue weighted by Gasteiger charge is -2.14. The molecule has 1 aromatic carbocycles. The predicted molar refractivity (Wildman–Crippen MR) is 120 cm³/mol. The summed E-state index contributed by atoms with van der Waals surface area (Å²) in [6.07, 6.45) is 4.78. The Morgan fingerprint density at radius 1 is 1.23 bits per heavy atom. The van der Waals surface area contributed by atoms with Gasteiger partial charge in [-0.1, -0.05) is 26.0 Å². The lowest BCUT2D eigenvalue weighted by Crippen LogP contribution is -2.27. The van der Waals surface area contributed by atoms with E-state index in [-0.39, 0.29) is 17.5 Å². The highest BCUT2D eigenvalue weighted by molar-refractivity contribution is 6.02. The first-order valence-corrected chi connectivity index (χ1v) is 10.3. The Hall–Kier alpha value is -3.66. The van der Waals surface area contributed by atoms with E-state index in [9.17, 15) is 10.1 Å². The second-order valence-corrected chi connectivity index (χ2v) is 8.13. The van der Waals surface area contributed by atoms with Crippen molar-refractivity contribution in [2.45, 2.75) is 47.2 Å². The van der Waals surface area contributed by atoms with Gasteiger partial charge < -0.3 is 9.88 Å². The maximum atomic E-state index is 12.8. The van der Waals surface area contributed by atoms with Crippen LogP contribution in [0.5, 0.6) is 0 Å². The fourth-order valence-electron chi connectivity index (χ4n) is 3.54. The molecule has 160 valence electrons. The predicted octanol–water partition coefficient (Wildman–Crippen LogP) is 4.13. The third-order valence-corrected chi connectivity index (χ3v) is 5.25. The summed E-state index contributed by atoms with van der Waals surface area (Å²) in [5.74, 6) is 0.126. The average molecular weight is 417 g/mol. The van der Waals surface area contributed by atoms with Crippen molar-refractivity contribution < 1.29 is 4.79 Å². The zero-order chi connectivity index (χ0) is 22.5. The van der Waals surface area contributed by atoms with Gasteiger partial charge in [-0.15, -0.1) is 0 Å². The third kappa shape index (κ3) is 5.10. The number of benzene rings is 1. The van der Waals surface area contributed by atoms with Crippen molar-refractivity contribution in [1.82, 2.24) is 24.6 Å². The summed E-state index contributed by atoms with van der Waals surface area (Å²) >= 11 is 0. The van der Waals surface area contributed by atoms with Gasteiger partial charge in [0.15, 0.2) is 0 Å². The third-order valence-electron chi connectivity index (χ3n) is 5.25. The van der Waals surface area contributed by atoms with Gasteiger partial charge in [0.25, 0.3) is 5.91 Å². The van der Waals surface area contributed by atoms with Crippen LogP contribution in [0, 0.1) is 31.1 Å². The number of rotatable bonds is 7. The summed E-state index contributed by atoms with van der Waals surface area (Å²) in [5.41, 5.74) is 4.99. The maximum absolute atomic E-state index is 12.8. The molecular formula is C24H28N6O. The average Bonchev–Trinajstić information content (AvgIpc) is 3.36. The van der Waals surface area contributed by atoms with Crippen molar-refractivity contribution in [1.29, 1.82) is 5.26 Å². The van der Waals surface area contributed by atoms with Gasteiger partial charge in [0.1, 0.15) is 24.3 Å². The van der Waals surface area contributed by atoms with E-state index in [1.807, 2.05) is 51.1 Å². The maximum Gasteiger partial charge on any atom is 0.262 e. The smallest absolute Gasteiger partial charge is 0.262 e. The van der Waals surface area contributed by atoms with Gasteiger partial charge in [0, 0.05) is 17.9 Å². The number of aryl methyl sites for hydroxylation is 1. The molecule has 0 aliphatic carbocycles. The number of amides is 1. The number of carbonyl (C=O) groups excluding carboxylic acids is 1. The standard InChI is InChI=1S/C24H28N6O/c1-16(2)13-29-17(3)10-21(19(29)5)11-22(12-25)24(31)28-18(4)20-6-8-23(9-7-20)30-15-26-14-27-30/h6-11,14-16,18H,13H2,1-5H3,(H,28,31)/b22-11+. The normalized spacial score (nSPS) is 12.6. The molecule has 0 saturated heterocycles. The molecule has 0 spiro atoms. The minimum absolute atomic E-state index is 0.0934. The summed E-state index contributed by atoms with van der Waals surface area (Å²) in [6.45, 7) is 11.2. The van der Waals surface area contributed by atoms with E-state index in [2.05, 4.69) is 39.9 Å². The fraction of sp³-hybridized carbons (Fsp3) is 0.333. The van der Waals surface area contributed by atoms with Gasteiger partial charge >= 0.3 is 0 Å². The van der Waals surface area contributed by atoms with E-state index in [4.69, 9.17) is 0 Å². The van der Waals surface area contributed by atoms with E-state index in [1.54, 1.807) is 17.1 Å². The molecule has 0 aliphatic rings. The Bertz CT molecular complexity index is 1110. The Balaban J connectivity index is 1.74. The molecule has 31 heavy (non-hydrogen) atoms. The van der Waals surface area contributed by atoms with Crippen LogP contribution in [0.4, 0.5) is 0 Å². The SMILES string of the molecule is Cc1cc(/C=C(\C#N)C(=O)NC(C)c2ccc(-n3cncn3)cc2)c(C)n1CC(C)C. The molecule has 1 atom stereocenters. The first kappa shape index (κ1) is 22.0. The quantitative estimate of drug-likeness (QED) is 0.463. The number of hydrogen-bond acceptors (Lipinski definition) is 4. The van der Waals surface area contributed by atoms with Crippen LogP contribution in [0.25, 0.3) is 11.8 Å². The molecule has 3 aromatic rings. The Morgan fingerprint density at radius 2 is 1.94 bits per heavy atom. The fourth-order valence-corrected chi connectivity index (χ4v) is 3.54. The lowest BCUT2D eigenvalue weighted by molar-refractivity contribution is -0.117. The van der Waals surface area contributed by atoms with Crippen molar-refractivity contribution in [3.8, 4) is 11.8 Å². The first-order chi connectivity index (χ1) is 14.8. The second-order valence-electron chi connectivity index (χ2n) is 8.13. The first-order valence-electron chi connectivity index (χ1n) is 10.3. The van der Waals surface area contributed by atoms with Crippen LogP contribution < -0.4 is 5.32 Å². The van der Waals surface area contributed by atoms with Gasteiger partial charge in [0.2, 0.25) is 0 Å². The minimum atomic E-state index is -0.385. The molecule has 7 heteroatoms. The summed E-state index contributed by atoms with van der Waals surface area (Å²) in [7, 11) is 0. The van der Waals surface area contributed by atoms with E-state index < -0.39 is 0 Å². The lowest BCUT2D eigenvalue weighted by atomic mass is 10.1. The largest absolute Gasteiger partial charge is 0.348 e. The Kier molecular flexibility index (Phi) is 6.71. The van der Waals surface area contributed by atoms with Crippen molar-refractivity contribution in [2.24, 2.45) is 5.92 Å². The van der Waals surface area contributed by atoms with Gasteiger partial charge in [-0.05, 0) is 62.1 Å². The molecule has 2 heterocycles. The summed E-state index contributed by atoms with van der Waals surface area (Å²) in [6, 6.07) is 11.5. The van der Waals surface area contributed by atoms with Crippen LogP contribution in [0.1, 0.15) is 49.3 Å². The Labute approximate surface area is 183 Å². The monoisotopic (exact) mass is 416 g/mol. The van der Waals surface area contributed by atoms with Crippen molar-refractivity contribution in [3.63, 3.8) is 0 Å². The molecular weight excluding hydrogens is 388 g/mol. The molecule has 0 bridgehead atoms. The molecule has 3 rings (SSSR count). The topological polar surface area (TPSA) is 88.5 Å². The van der Waals surface area contributed by atoms with Crippen molar-refractivity contribution >= 4 is 12.0 Å². The highest BCUT2D eigenvalue weighted by atomic mass is 16.1. The molecule has 0 aliphatic heterocycles. The molecule has 0 radical (unpaired) electrons. The number of nitrogens with zero attached hydrogens (tertiary/aromatic N) is 5. The van der Waals surface area contributed by atoms with E-state index in [1.165, 1.54) is 6.33 Å². The number of aromatic nitrogens is 4.